The molecule has 0 spiro atoms. The molecule has 1 amide bonds. The van der Waals surface area contributed by atoms with Crippen LogP contribution in [0.1, 0.15) is 40.1 Å². The molecule has 0 fully saturated rings. The molecule has 7 heteroatoms. The van der Waals surface area contributed by atoms with Crippen molar-refractivity contribution in [3.63, 3.8) is 0 Å². The molecule has 0 aliphatic rings. The largest absolute Gasteiger partial charge is 0.395 e. The first kappa shape index (κ1) is 18.5. The average molecular weight is 348 g/mol. The second-order valence-corrected chi connectivity index (χ2v) is 6.74. The third-order valence-electron chi connectivity index (χ3n) is 3.57. The zero-order valence-electron chi connectivity index (χ0n) is 14.2. The number of amides is 1. The van der Waals surface area contributed by atoms with Crippen LogP contribution in [0.25, 0.3) is 0 Å². The lowest BCUT2D eigenvalue weighted by molar-refractivity contribution is 0.102. The molecule has 0 bridgehead atoms. The Morgan fingerprint density at radius 1 is 1.25 bits per heavy atom. The van der Waals surface area contributed by atoms with Crippen LogP contribution in [-0.2, 0) is 6.54 Å². The van der Waals surface area contributed by atoms with Crippen molar-refractivity contribution in [3.05, 3.63) is 39.8 Å². The lowest BCUT2D eigenvalue weighted by Gasteiger charge is -2.19. The number of aliphatic hydroxyl groups is 1. The first-order valence-electron chi connectivity index (χ1n) is 8.16. The van der Waals surface area contributed by atoms with E-state index < -0.39 is 0 Å². The number of rotatable bonds is 9. The van der Waals surface area contributed by atoms with Crippen molar-refractivity contribution in [3.8, 4) is 0 Å². The number of hydrogen-bond acceptors (Lipinski definition) is 6. The van der Waals surface area contributed by atoms with E-state index >= 15 is 0 Å². The van der Waals surface area contributed by atoms with Gasteiger partial charge in [-0.05, 0) is 32.0 Å². The van der Waals surface area contributed by atoms with Crippen LogP contribution < -0.4 is 5.32 Å². The average Bonchev–Trinajstić information content (AvgIpc) is 3.03. The van der Waals surface area contributed by atoms with Crippen molar-refractivity contribution in [2.75, 3.05) is 25.0 Å². The lowest BCUT2D eigenvalue weighted by atomic mass is 10.2. The molecule has 2 N–H and O–H groups in total. The quantitative estimate of drug-likeness (QED) is 0.728. The molecule has 1 aromatic carbocycles. The van der Waals surface area contributed by atoms with Crippen molar-refractivity contribution in [2.24, 2.45) is 0 Å². The summed E-state index contributed by atoms with van der Waals surface area (Å²) < 4.78 is 0. The lowest BCUT2D eigenvalue weighted by Crippen LogP contribution is -2.27. The van der Waals surface area contributed by atoms with E-state index in [1.165, 1.54) is 11.3 Å². The number of nitrogens with one attached hydrogen (secondary N) is 1. The molecular weight excluding hydrogens is 324 g/mol. The van der Waals surface area contributed by atoms with Crippen LogP contribution in [0.3, 0.4) is 0 Å². The Kier molecular flexibility index (Phi) is 7.30. The Morgan fingerprint density at radius 3 is 2.67 bits per heavy atom. The molecule has 0 unspecified atom stereocenters. The van der Waals surface area contributed by atoms with Gasteiger partial charge >= 0.3 is 0 Å². The summed E-state index contributed by atoms with van der Waals surface area (Å²) in [4.78, 5) is 14.4. The number of nitrogens with zero attached hydrogens (tertiary/aromatic N) is 3. The van der Waals surface area contributed by atoms with Gasteiger partial charge in [0.25, 0.3) is 5.91 Å². The van der Waals surface area contributed by atoms with Crippen molar-refractivity contribution < 1.29 is 9.90 Å². The maximum atomic E-state index is 12.2. The second kappa shape index (κ2) is 9.46. The molecular formula is C17H24N4O2S. The molecule has 1 aromatic heterocycles. The van der Waals surface area contributed by atoms with Crippen molar-refractivity contribution >= 4 is 22.9 Å². The molecule has 6 nitrogen and oxygen atoms in total. The van der Waals surface area contributed by atoms with Crippen LogP contribution in [0.15, 0.2) is 24.3 Å². The molecule has 0 saturated heterocycles. The summed E-state index contributed by atoms with van der Waals surface area (Å²) >= 11 is 1.29. The fraction of sp³-hybridized carbons (Fsp3) is 0.471. The number of benzene rings is 1. The van der Waals surface area contributed by atoms with Gasteiger partial charge in [-0.3, -0.25) is 9.69 Å². The highest BCUT2D eigenvalue weighted by Gasteiger charge is 2.15. The van der Waals surface area contributed by atoms with E-state index in [4.69, 9.17) is 5.11 Å². The Hall–Kier alpha value is -1.83. The van der Waals surface area contributed by atoms with E-state index in [2.05, 4.69) is 27.3 Å². The summed E-state index contributed by atoms with van der Waals surface area (Å²) in [5.74, 6) is -0.245. The Morgan fingerprint density at radius 2 is 2.00 bits per heavy atom. The van der Waals surface area contributed by atoms with E-state index in [-0.39, 0.29) is 12.5 Å². The van der Waals surface area contributed by atoms with Crippen molar-refractivity contribution in [1.29, 1.82) is 0 Å². The van der Waals surface area contributed by atoms with Gasteiger partial charge in [-0.25, -0.2) is 0 Å². The van der Waals surface area contributed by atoms with Crippen LogP contribution in [0.5, 0.6) is 0 Å². The zero-order chi connectivity index (χ0) is 17.4. The fourth-order valence-electron chi connectivity index (χ4n) is 2.22. The maximum Gasteiger partial charge on any atom is 0.286 e. The summed E-state index contributed by atoms with van der Waals surface area (Å²) in [5.41, 5.74) is 1.88. The normalized spacial score (nSPS) is 11.0. The van der Waals surface area contributed by atoms with E-state index in [9.17, 15) is 4.79 Å². The topological polar surface area (TPSA) is 78.3 Å². The number of carbonyl (C=O) groups is 1. The number of aliphatic hydroxyl groups excluding tert-OH is 1. The third kappa shape index (κ3) is 5.67. The SMILES string of the molecule is CCCCN(CCO)Cc1nnc(C(=O)Nc2ccc(C)cc2)s1. The van der Waals surface area contributed by atoms with Gasteiger partial charge in [0.2, 0.25) is 5.01 Å². The van der Waals surface area contributed by atoms with Gasteiger partial charge in [0.15, 0.2) is 0 Å². The molecule has 2 rings (SSSR count). The molecule has 2 aromatic rings. The highest BCUT2D eigenvalue weighted by Crippen LogP contribution is 2.15. The van der Waals surface area contributed by atoms with Crippen LogP contribution in [0, 0.1) is 6.92 Å². The van der Waals surface area contributed by atoms with Gasteiger partial charge < -0.3 is 10.4 Å². The van der Waals surface area contributed by atoms with Crippen LogP contribution in [0.4, 0.5) is 5.69 Å². The Balaban J connectivity index is 1.95. The van der Waals surface area contributed by atoms with Gasteiger partial charge in [0.1, 0.15) is 5.01 Å². The van der Waals surface area contributed by atoms with Crippen LogP contribution in [-0.4, -0.2) is 45.8 Å². The number of aromatic nitrogens is 2. The number of carbonyl (C=O) groups excluding carboxylic acids is 1. The highest BCUT2D eigenvalue weighted by molar-refractivity contribution is 7.13. The summed E-state index contributed by atoms with van der Waals surface area (Å²) in [7, 11) is 0. The number of hydrogen-bond donors (Lipinski definition) is 2. The molecule has 0 radical (unpaired) electrons. The van der Waals surface area contributed by atoms with Gasteiger partial charge in [-0.15, -0.1) is 10.2 Å². The summed E-state index contributed by atoms with van der Waals surface area (Å²) in [6.07, 6.45) is 2.17. The highest BCUT2D eigenvalue weighted by atomic mass is 32.1. The fourth-order valence-corrected chi connectivity index (χ4v) is 2.99. The number of unbranched alkanes of at least 4 members (excludes halogenated alkanes) is 1. The molecule has 24 heavy (non-hydrogen) atoms. The minimum Gasteiger partial charge on any atom is -0.395 e. The molecule has 1 heterocycles. The molecule has 0 aliphatic carbocycles. The predicted octanol–water partition coefficient (Wildman–Crippen LogP) is 2.69. The van der Waals surface area contributed by atoms with Crippen LogP contribution in [0.2, 0.25) is 0 Å². The summed E-state index contributed by atoms with van der Waals surface area (Å²) in [5, 5.41) is 21.2. The number of anilines is 1. The molecule has 130 valence electrons. The van der Waals surface area contributed by atoms with E-state index in [0.29, 0.717) is 18.1 Å². The van der Waals surface area contributed by atoms with E-state index in [0.717, 1.165) is 35.6 Å². The van der Waals surface area contributed by atoms with Crippen molar-refractivity contribution in [1.82, 2.24) is 15.1 Å². The number of aryl methyl sites for hydroxylation is 1. The van der Waals surface area contributed by atoms with Gasteiger partial charge in [0, 0.05) is 12.2 Å². The van der Waals surface area contributed by atoms with Crippen LogP contribution >= 0.6 is 11.3 Å². The summed E-state index contributed by atoms with van der Waals surface area (Å²) in [6.45, 7) is 6.36. The standard InChI is InChI=1S/C17H24N4O2S/c1-3-4-9-21(10-11-22)12-15-19-20-17(24-15)16(23)18-14-7-5-13(2)6-8-14/h5-8,22H,3-4,9-12H2,1-2H3,(H,18,23). The van der Waals surface area contributed by atoms with Crippen molar-refractivity contribution in [2.45, 2.75) is 33.2 Å². The minimum atomic E-state index is -0.245. The van der Waals surface area contributed by atoms with E-state index in [1.54, 1.807) is 0 Å². The third-order valence-corrected chi connectivity index (χ3v) is 4.48. The van der Waals surface area contributed by atoms with Gasteiger partial charge in [-0.2, -0.15) is 0 Å². The first-order valence-corrected chi connectivity index (χ1v) is 8.97. The van der Waals surface area contributed by atoms with Gasteiger partial charge in [-0.1, -0.05) is 42.4 Å². The Bertz CT molecular complexity index is 642. The summed E-state index contributed by atoms with van der Waals surface area (Å²) in [6, 6.07) is 7.62. The maximum absolute atomic E-state index is 12.2. The Labute approximate surface area is 146 Å². The predicted molar refractivity (Wildman–Crippen MR) is 96.3 cm³/mol. The van der Waals surface area contributed by atoms with E-state index in [1.807, 2.05) is 31.2 Å². The second-order valence-electron chi connectivity index (χ2n) is 5.67. The zero-order valence-corrected chi connectivity index (χ0v) is 15.0. The minimum absolute atomic E-state index is 0.114. The molecule has 0 aliphatic heterocycles. The monoisotopic (exact) mass is 348 g/mol. The first-order chi connectivity index (χ1) is 11.6. The molecule has 0 atom stereocenters. The molecule has 0 saturated carbocycles. The smallest absolute Gasteiger partial charge is 0.286 e. The van der Waals surface area contributed by atoms with Gasteiger partial charge in [0.05, 0.1) is 13.2 Å².